The van der Waals surface area contributed by atoms with E-state index in [1.165, 1.54) is 0 Å². The number of amides is 1. The molecule has 1 saturated heterocycles. The number of aromatic nitrogens is 2. The molecule has 3 rings (SSSR count). The lowest BCUT2D eigenvalue weighted by atomic mass is 10.0. The third kappa shape index (κ3) is 2.90. The van der Waals surface area contributed by atoms with Crippen LogP contribution in [0.25, 0.3) is 5.65 Å². The Hall–Kier alpha value is -1.30. The second-order valence-corrected chi connectivity index (χ2v) is 5.82. The minimum atomic E-state index is -0.0254. The van der Waals surface area contributed by atoms with E-state index in [9.17, 15) is 4.79 Å². The fourth-order valence-corrected chi connectivity index (χ4v) is 2.67. The summed E-state index contributed by atoms with van der Waals surface area (Å²) in [5.74, 6) is 0.524. The fraction of sp³-hybridized carbons (Fsp3) is 0.385. The van der Waals surface area contributed by atoms with Gasteiger partial charge in [-0.2, -0.15) is 0 Å². The number of nitrogens with zero attached hydrogens (tertiary/aromatic N) is 2. The summed E-state index contributed by atoms with van der Waals surface area (Å²) in [6, 6.07) is 1.64. The molecule has 0 bridgehead atoms. The van der Waals surface area contributed by atoms with Crippen LogP contribution in [0.3, 0.4) is 0 Å². The largest absolute Gasteiger partial charge is 0.355 e. The Morgan fingerprint density at radius 3 is 2.95 bits per heavy atom. The minimum absolute atomic E-state index is 0.0254. The lowest BCUT2D eigenvalue weighted by molar-refractivity contribution is -0.120. The molecule has 2 aromatic rings. The Labute approximate surface area is 126 Å². The zero-order chi connectivity index (χ0) is 14.1. The molecule has 0 unspecified atom stereocenters. The molecule has 2 N–H and O–H groups in total. The van der Waals surface area contributed by atoms with Gasteiger partial charge in [-0.3, -0.25) is 4.79 Å². The van der Waals surface area contributed by atoms with Gasteiger partial charge in [-0.15, -0.1) is 0 Å². The maximum Gasteiger partial charge on any atom is 0.226 e. The first kappa shape index (κ1) is 13.7. The number of hydrogen-bond acceptors (Lipinski definition) is 3. The van der Waals surface area contributed by atoms with E-state index >= 15 is 0 Å². The van der Waals surface area contributed by atoms with Gasteiger partial charge in [0, 0.05) is 37.9 Å². The molecule has 7 heteroatoms. The summed E-state index contributed by atoms with van der Waals surface area (Å²) in [7, 11) is 0. The van der Waals surface area contributed by atoms with Crippen LogP contribution in [0.4, 0.5) is 0 Å². The van der Waals surface area contributed by atoms with Crippen LogP contribution >= 0.6 is 23.2 Å². The third-order valence-electron chi connectivity index (χ3n) is 3.32. The smallest absolute Gasteiger partial charge is 0.226 e. The lowest BCUT2D eigenvalue weighted by Gasteiger charge is -2.26. The van der Waals surface area contributed by atoms with Crippen molar-refractivity contribution >= 4 is 34.8 Å². The molecule has 0 aliphatic carbocycles. The molecule has 3 heterocycles. The fourth-order valence-electron chi connectivity index (χ4n) is 2.14. The summed E-state index contributed by atoms with van der Waals surface area (Å²) in [4.78, 5) is 16.2. The molecule has 0 aromatic carbocycles. The first-order valence-electron chi connectivity index (χ1n) is 6.42. The number of halogens is 2. The van der Waals surface area contributed by atoms with E-state index in [0.717, 1.165) is 13.1 Å². The number of rotatable bonds is 4. The molecular weight excluding hydrogens is 299 g/mol. The number of imidazole rings is 1. The van der Waals surface area contributed by atoms with Gasteiger partial charge in [0.05, 0.1) is 22.2 Å². The van der Waals surface area contributed by atoms with Gasteiger partial charge in [-0.1, -0.05) is 23.2 Å². The van der Waals surface area contributed by atoms with E-state index in [0.29, 0.717) is 33.8 Å². The molecule has 2 aromatic heterocycles. The van der Waals surface area contributed by atoms with Gasteiger partial charge < -0.3 is 15.0 Å². The highest BCUT2D eigenvalue weighted by Gasteiger charge is 2.17. The molecule has 1 aliphatic heterocycles. The van der Waals surface area contributed by atoms with Crippen molar-refractivity contribution in [3.8, 4) is 0 Å². The molecule has 5 nitrogen and oxygen atoms in total. The molecule has 0 radical (unpaired) electrons. The Kier molecular flexibility index (Phi) is 3.83. The van der Waals surface area contributed by atoms with E-state index in [1.54, 1.807) is 22.9 Å². The van der Waals surface area contributed by atoms with E-state index < -0.39 is 0 Å². The predicted octanol–water partition coefficient (Wildman–Crippen LogP) is 1.52. The monoisotopic (exact) mass is 312 g/mol. The van der Waals surface area contributed by atoms with Gasteiger partial charge >= 0.3 is 0 Å². The Morgan fingerprint density at radius 1 is 1.45 bits per heavy atom. The van der Waals surface area contributed by atoms with Crippen molar-refractivity contribution in [2.24, 2.45) is 5.92 Å². The van der Waals surface area contributed by atoms with Gasteiger partial charge in [0.1, 0.15) is 0 Å². The summed E-state index contributed by atoms with van der Waals surface area (Å²) >= 11 is 12.0. The summed E-state index contributed by atoms with van der Waals surface area (Å²) in [6.45, 7) is 2.66. The molecule has 0 spiro atoms. The Bertz CT molecular complexity index is 651. The summed E-state index contributed by atoms with van der Waals surface area (Å²) in [6.07, 6.45) is 3.74. The van der Waals surface area contributed by atoms with Crippen LogP contribution in [-0.2, 0) is 11.2 Å². The van der Waals surface area contributed by atoms with Crippen molar-refractivity contribution in [1.82, 2.24) is 20.0 Å². The van der Waals surface area contributed by atoms with Crippen molar-refractivity contribution in [2.75, 3.05) is 19.6 Å². The lowest BCUT2D eigenvalue weighted by Crippen LogP contribution is -2.48. The number of fused-ring (bicyclic) bond motifs is 1. The molecular formula is C13H14Cl2N4O. The first-order chi connectivity index (χ1) is 9.61. The van der Waals surface area contributed by atoms with Gasteiger partial charge in [-0.25, -0.2) is 4.98 Å². The van der Waals surface area contributed by atoms with Crippen molar-refractivity contribution in [2.45, 2.75) is 6.42 Å². The number of carbonyl (C=O) groups excluding carboxylic acids is 1. The minimum Gasteiger partial charge on any atom is -0.355 e. The zero-order valence-electron chi connectivity index (χ0n) is 10.7. The van der Waals surface area contributed by atoms with Gasteiger partial charge in [0.25, 0.3) is 0 Å². The standard InChI is InChI=1S/C13H14Cl2N4O/c14-9-1-11(15)13-18-10(7-19(13)6-9)2-12(20)17-5-8-3-16-4-8/h1,6-8,16H,2-5H2,(H,17,20). The molecule has 20 heavy (non-hydrogen) atoms. The maximum atomic E-state index is 11.8. The number of carbonyl (C=O) groups is 1. The molecule has 0 saturated carbocycles. The van der Waals surface area contributed by atoms with E-state index in [-0.39, 0.29) is 12.3 Å². The Balaban J connectivity index is 1.67. The Morgan fingerprint density at radius 2 is 2.25 bits per heavy atom. The normalized spacial score (nSPS) is 15.3. The van der Waals surface area contributed by atoms with Gasteiger partial charge in [0.2, 0.25) is 5.91 Å². The van der Waals surface area contributed by atoms with Crippen LogP contribution in [0, 0.1) is 5.92 Å². The van der Waals surface area contributed by atoms with Crippen LogP contribution in [0.2, 0.25) is 10.0 Å². The molecule has 1 aliphatic rings. The molecule has 1 amide bonds. The highest BCUT2D eigenvalue weighted by molar-refractivity contribution is 6.36. The SMILES string of the molecule is O=C(Cc1cn2cc(Cl)cc(Cl)c2n1)NCC1CNC1. The summed E-state index contributed by atoms with van der Waals surface area (Å²) in [5.41, 5.74) is 1.29. The summed E-state index contributed by atoms with van der Waals surface area (Å²) < 4.78 is 1.74. The average molecular weight is 313 g/mol. The van der Waals surface area contributed by atoms with E-state index in [2.05, 4.69) is 15.6 Å². The topological polar surface area (TPSA) is 58.4 Å². The summed E-state index contributed by atoms with van der Waals surface area (Å²) in [5, 5.41) is 7.10. The molecule has 106 valence electrons. The quantitative estimate of drug-likeness (QED) is 0.900. The van der Waals surface area contributed by atoms with Crippen LogP contribution < -0.4 is 10.6 Å². The highest BCUT2D eigenvalue weighted by Crippen LogP contribution is 2.21. The van der Waals surface area contributed by atoms with E-state index in [1.807, 2.05) is 0 Å². The molecule has 1 fully saturated rings. The van der Waals surface area contributed by atoms with Crippen molar-refractivity contribution < 1.29 is 4.79 Å². The number of nitrogens with one attached hydrogen (secondary N) is 2. The van der Waals surface area contributed by atoms with Gasteiger partial charge in [0.15, 0.2) is 5.65 Å². The van der Waals surface area contributed by atoms with Crippen LogP contribution in [0.1, 0.15) is 5.69 Å². The second-order valence-electron chi connectivity index (χ2n) is 4.97. The number of pyridine rings is 1. The van der Waals surface area contributed by atoms with Crippen LogP contribution in [0.15, 0.2) is 18.5 Å². The first-order valence-corrected chi connectivity index (χ1v) is 7.17. The maximum absolute atomic E-state index is 11.8. The van der Waals surface area contributed by atoms with Crippen molar-refractivity contribution in [1.29, 1.82) is 0 Å². The predicted molar refractivity (Wildman–Crippen MR) is 78.3 cm³/mol. The second kappa shape index (κ2) is 5.60. The zero-order valence-corrected chi connectivity index (χ0v) is 12.2. The number of hydrogen-bond donors (Lipinski definition) is 2. The average Bonchev–Trinajstić information content (AvgIpc) is 2.69. The van der Waals surface area contributed by atoms with Crippen molar-refractivity contribution in [3.05, 3.63) is 34.2 Å². The van der Waals surface area contributed by atoms with E-state index in [4.69, 9.17) is 23.2 Å². The van der Waals surface area contributed by atoms with Gasteiger partial charge in [-0.05, 0) is 6.07 Å². The van der Waals surface area contributed by atoms with Crippen LogP contribution in [0.5, 0.6) is 0 Å². The highest BCUT2D eigenvalue weighted by atomic mass is 35.5. The van der Waals surface area contributed by atoms with Crippen molar-refractivity contribution in [3.63, 3.8) is 0 Å². The van der Waals surface area contributed by atoms with Crippen LogP contribution in [-0.4, -0.2) is 34.9 Å². The third-order valence-corrected chi connectivity index (χ3v) is 3.80. The molecule has 0 atom stereocenters.